The number of benzene rings is 1. The van der Waals surface area contributed by atoms with Gasteiger partial charge in [0.15, 0.2) is 0 Å². The molecule has 4 heteroatoms. The fourth-order valence-electron chi connectivity index (χ4n) is 2.61. The molecule has 2 atom stereocenters. The molecule has 4 nitrogen and oxygen atoms in total. The van der Waals surface area contributed by atoms with Crippen molar-refractivity contribution in [2.75, 3.05) is 19.7 Å². The zero-order chi connectivity index (χ0) is 13.7. The standard InChI is InChI=1S/C15H22N2O2/c1-12(13-6-3-2-4-7-13)16-15(19)10-17-9-5-8-14(17)11-18/h2-4,6-7,12,14,18H,5,8-11H2,1H3,(H,16,19)/t12?,14-/m1/s1. The Hall–Kier alpha value is -1.39. The summed E-state index contributed by atoms with van der Waals surface area (Å²) >= 11 is 0. The third kappa shape index (κ3) is 3.78. The topological polar surface area (TPSA) is 52.6 Å². The molecule has 1 aromatic carbocycles. The largest absolute Gasteiger partial charge is 0.395 e. The first-order chi connectivity index (χ1) is 9.20. The lowest BCUT2D eigenvalue weighted by Crippen LogP contribution is -2.41. The van der Waals surface area contributed by atoms with E-state index in [0.717, 1.165) is 24.9 Å². The first-order valence-corrected chi connectivity index (χ1v) is 6.90. The zero-order valence-corrected chi connectivity index (χ0v) is 11.4. The molecule has 0 radical (unpaired) electrons. The van der Waals surface area contributed by atoms with Crippen LogP contribution in [0.25, 0.3) is 0 Å². The van der Waals surface area contributed by atoms with Gasteiger partial charge in [-0.3, -0.25) is 9.69 Å². The highest BCUT2D eigenvalue weighted by Gasteiger charge is 2.25. The van der Waals surface area contributed by atoms with E-state index >= 15 is 0 Å². The SMILES string of the molecule is CC(NC(=O)CN1CCC[C@@H]1CO)c1ccccc1. The van der Waals surface area contributed by atoms with Crippen molar-refractivity contribution in [3.8, 4) is 0 Å². The van der Waals surface area contributed by atoms with Crippen molar-refractivity contribution >= 4 is 5.91 Å². The van der Waals surface area contributed by atoms with E-state index in [9.17, 15) is 9.90 Å². The van der Waals surface area contributed by atoms with E-state index in [4.69, 9.17) is 0 Å². The number of aliphatic hydroxyl groups is 1. The van der Waals surface area contributed by atoms with Crippen LogP contribution in [0.5, 0.6) is 0 Å². The summed E-state index contributed by atoms with van der Waals surface area (Å²) < 4.78 is 0. The maximum absolute atomic E-state index is 12.0. The van der Waals surface area contributed by atoms with Gasteiger partial charge >= 0.3 is 0 Å². The minimum absolute atomic E-state index is 0.0175. The average molecular weight is 262 g/mol. The van der Waals surface area contributed by atoms with Crippen molar-refractivity contribution in [2.45, 2.75) is 31.8 Å². The van der Waals surface area contributed by atoms with Crippen LogP contribution in [0, 0.1) is 0 Å². The Morgan fingerprint density at radius 3 is 2.89 bits per heavy atom. The van der Waals surface area contributed by atoms with Gasteiger partial charge in [-0.15, -0.1) is 0 Å². The first-order valence-electron chi connectivity index (χ1n) is 6.90. The number of carbonyl (C=O) groups excluding carboxylic acids is 1. The van der Waals surface area contributed by atoms with Gasteiger partial charge in [0.05, 0.1) is 19.2 Å². The molecule has 1 aromatic rings. The van der Waals surface area contributed by atoms with Crippen molar-refractivity contribution in [1.29, 1.82) is 0 Å². The van der Waals surface area contributed by atoms with Crippen LogP contribution in [-0.2, 0) is 4.79 Å². The number of amides is 1. The zero-order valence-electron chi connectivity index (χ0n) is 11.4. The van der Waals surface area contributed by atoms with Gasteiger partial charge in [0.1, 0.15) is 0 Å². The van der Waals surface area contributed by atoms with Crippen LogP contribution in [0.3, 0.4) is 0 Å². The number of aliphatic hydroxyl groups excluding tert-OH is 1. The van der Waals surface area contributed by atoms with Gasteiger partial charge < -0.3 is 10.4 Å². The number of nitrogens with zero attached hydrogens (tertiary/aromatic N) is 1. The van der Waals surface area contributed by atoms with Crippen molar-refractivity contribution in [1.82, 2.24) is 10.2 Å². The summed E-state index contributed by atoms with van der Waals surface area (Å²) in [5, 5.41) is 12.2. The minimum Gasteiger partial charge on any atom is -0.395 e. The van der Waals surface area contributed by atoms with Crippen LogP contribution < -0.4 is 5.32 Å². The number of hydrogen-bond acceptors (Lipinski definition) is 3. The van der Waals surface area contributed by atoms with Crippen LogP contribution in [0.1, 0.15) is 31.4 Å². The van der Waals surface area contributed by atoms with Crippen molar-refractivity contribution in [3.05, 3.63) is 35.9 Å². The average Bonchev–Trinajstić information content (AvgIpc) is 2.86. The lowest BCUT2D eigenvalue weighted by Gasteiger charge is -2.23. The van der Waals surface area contributed by atoms with E-state index in [1.165, 1.54) is 0 Å². The molecule has 1 unspecified atom stereocenters. The summed E-state index contributed by atoms with van der Waals surface area (Å²) in [6.45, 7) is 3.41. The molecule has 104 valence electrons. The van der Waals surface area contributed by atoms with Crippen molar-refractivity contribution in [3.63, 3.8) is 0 Å². The monoisotopic (exact) mass is 262 g/mol. The van der Waals surface area contributed by atoms with Gasteiger partial charge in [0, 0.05) is 6.04 Å². The second-order valence-electron chi connectivity index (χ2n) is 5.15. The lowest BCUT2D eigenvalue weighted by molar-refractivity contribution is -0.123. The second-order valence-corrected chi connectivity index (χ2v) is 5.15. The molecule has 0 aliphatic carbocycles. The maximum atomic E-state index is 12.0. The molecule has 1 fully saturated rings. The summed E-state index contributed by atoms with van der Waals surface area (Å²) in [5.41, 5.74) is 1.11. The third-order valence-electron chi connectivity index (χ3n) is 3.73. The minimum atomic E-state index is 0.0175. The molecular weight excluding hydrogens is 240 g/mol. The quantitative estimate of drug-likeness (QED) is 0.841. The van der Waals surface area contributed by atoms with Crippen LogP contribution >= 0.6 is 0 Å². The highest BCUT2D eigenvalue weighted by atomic mass is 16.3. The van der Waals surface area contributed by atoms with Crippen LogP contribution in [-0.4, -0.2) is 41.7 Å². The molecule has 2 N–H and O–H groups in total. The fraction of sp³-hybridized carbons (Fsp3) is 0.533. The third-order valence-corrected chi connectivity index (χ3v) is 3.73. The number of carbonyl (C=O) groups is 1. The Bertz CT molecular complexity index is 408. The Morgan fingerprint density at radius 1 is 1.47 bits per heavy atom. The number of hydrogen-bond donors (Lipinski definition) is 2. The smallest absolute Gasteiger partial charge is 0.234 e. The molecule has 0 spiro atoms. The van der Waals surface area contributed by atoms with Gasteiger partial charge in [-0.1, -0.05) is 30.3 Å². The van der Waals surface area contributed by atoms with Gasteiger partial charge in [-0.2, -0.15) is 0 Å². The second kappa shape index (κ2) is 6.68. The number of rotatable bonds is 5. The highest BCUT2D eigenvalue weighted by molar-refractivity contribution is 5.78. The summed E-state index contributed by atoms with van der Waals surface area (Å²) in [5.74, 6) is 0.0247. The molecule has 0 aromatic heterocycles. The summed E-state index contributed by atoms with van der Waals surface area (Å²) in [7, 11) is 0. The molecule has 19 heavy (non-hydrogen) atoms. The van der Waals surface area contributed by atoms with E-state index in [0.29, 0.717) is 6.54 Å². The Morgan fingerprint density at radius 2 is 2.21 bits per heavy atom. The van der Waals surface area contributed by atoms with Crippen LogP contribution in [0.2, 0.25) is 0 Å². The molecule has 0 saturated carbocycles. The van der Waals surface area contributed by atoms with E-state index in [1.54, 1.807) is 0 Å². The van der Waals surface area contributed by atoms with E-state index in [-0.39, 0.29) is 24.6 Å². The van der Waals surface area contributed by atoms with Crippen LogP contribution in [0.4, 0.5) is 0 Å². The molecule has 1 aliphatic heterocycles. The first kappa shape index (κ1) is 14.0. The predicted molar refractivity (Wildman–Crippen MR) is 74.7 cm³/mol. The summed E-state index contributed by atoms with van der Waals surface area (Å²) in [4.78, 5) is 14.1. The fourth-order valence-corrected chi connectivity index (χ4v) is 2.61. The lowest BCUT2D eigenvalue weighted by atomic mass is 10.1. The maximum Gasteiger partial charge on any atom is 0.234 e. The number of nitrogens with one attached hydrogen (secondary N) is 1. The predicted octanol–water partition coefficient (Wildman–Crippen LogP) is 1.32. The van der Waals surface area contributed by atoms with Gasteiger partial charge in [0.2, 0.25) is 5.91 Å². The normalized spacial score (nSPS) is 21.3. The number of likely N-dealkylation sites (tertiary alicyclic amines) is 1. The van der Waals surface area contributed by atoms with E-state index in [2.05, 4.69) is 10.2 Å². The van der Waals surface area contributed by atoms with Gasteiger partial charge in [0.25, 0.3) is 0 Å². The van der Waals surface area contributed by atoms with Gasteiger partial charge in [-0.05, 0) is 31.9 Å². The van der Waals surface area contributed by atoms with Gasteiger partial charge in [-0.25, -0.2) is 0 Å². The van der Waals surface area contributed by atoms with Crippen molar-refractivity contribution < 1.29 is 9.90 Å². The summed E-state index contributed by atoms with van der Waals surface area (Å²) in [6.07, 6.45) is 2.05. The van der Waals surface area contributed by atoms with Crippen LogP contribution in [0.15, 0.2) is 30.3 Å². The van der Waals surface area contributed by atoms with E-state index in [1.807, 2.05) is 37.3 Å². The Balaban J connectivity index is 1.84. The molecule has 1 aliphatic rings. The van der Waals surface area contributed by atoms with E-state index < -0.39 is 0 Å². The summed E-state index contributed by atoms with van der Waals surface area (Å²) in [6, 6.07) is 10.1. The molecule has 1 heterocycles. The molecule has 0 bridgehead atoms. The molecule has 2 rings (SSSR count). The molecular formula is C15H22N2O2. The highest BCUT2D eigenvalue weighted by Crippen LogP contribution is 2.16. The van der Waals surface area contributed by atoms with Crippen molar-refractivity contribution in [2.24, 2.45) is 0 Å². The Labute approximate surface area is 114 Å². The Kier molecular flexibility index (Phi) is 4.93. The molecule has 1 saturated heterocycles. The molecule has 1 amide bonds.